The highest BCUT2D eigenvalue weighted by Gasteiger charge is 2.20. The smallest absolute Gasteiger partial charge is 0.0870 e. The van der Waals surface area contributed by atoms with Gasteiger partial charge in [-0.3, -0.25) is 4.90 Å². The molecule has 82 valence electrons. The Bertz CT molecular complexity index is 181. The fourth-order valence-electron chi connectivity index (χ4n) is 2.17. The normalized spacial score (nSPS) is 18.7. The summed E-state index contributed by atoms with van der Waals surface area (Å²) in [6.45, 7) is 1.54. The van der Waals surface area contributed by atoms with Gasteiger partial charge >= 0.3 is 0 Å². The molecule has 1 saturated carbocycles. The van der Waals surface area contributed by atoms with Crippen molar-refractivity contribution in [3.8, 4) is 0 Å². The van der Waals surface area contributed by atoms with E-state index < -0.39 is 0 Å². The summed E-state index contributed by atoms with van der Waals surface area (Å²) < 4.78 is 0. The van der Waals surface area contributed by atoms with Gasteiger partial charge in [0.25, 0.3) is 0 Å². The first-order valence-electron chi connectivity index (χ1n) is 5.37. The molecule has 0 bridgehead atoms. The molecule has 0 aromatic heterocycles. The quantitative estimate of drug-likeness (QED) is 0.670. The first-order chi connectivity index (χ1) is 6.74. The van der Waals surface area contributed by atoms with Crippen LogP contribution in [0.1, 0.15) is 32.1 Å². The lowest BCUT2D eigenvalue weighted by Gasteiger charge is -2.33. The molecule has 0 aromatic rings. The Morgan fingerprint density at radius 1 is 1.36 bits per heavy atom. The molecule has 1 aliphatic carbocycles. The molecule has 0 spiro atoms. The Labute approximate surface area is 91.3 Å². The molecule has 0 atom stereocenters. The molecule has 1 rings (SSSR count). The van der Waals surface area contributed by atoms with Gasteiger partial charge in [0.1, 0.15) is 0 Å². The van der Waals surface area contributed by atoms with Crippen molar-refractivity contribution in [1.82, 2.24) is 4.90 Å². The fraction of sp³-hybridized carbons (Fsp3) is 0.900. The van der Waals surface area contributed by atoms with Gasteiger partial charge in [0.2, 0.25) is 0 Å². The highest BCUT2D eigenvalue weighted by atomic mass is 32.1. The van der Waals surface area contributed by atoms with Crippen LogP contribution in [-0.4, -0.2) is 40.7 Å². The van der Waals surface area contributed by atoms with E-state index in [1.54, 1.807) is 0 Å². The number of hydrogen-bond acceptors (Lipinski definition) is 3. The van der Waals surface area contributed by atoms with Gasteiger partial charge in [-0.25, -0.2) is 0 Å². The SMILES string of the molecule is NC(=S)CN(CCO)C1CCCCC1. The van der Waals surface area contributed by atoms with Crippen LogP contribution in [0.2, 0.25) is 0 Å². The first-order valence-corrected chi connectivity index (χ1v) is 5.78. The van der Waals surface area contributed by atoms with Crippen LogP contribution in [0.3, 0.4) is 0 Å². The van der Waals surface area contributed by atoms with E-state index in [0.29, 0.717) is 24.1 Å². The van der Waals surface area contributed by atoms with Crippen LogP contribution >= 0.6 is 12.2 Å². The molecule has 3 nitrogen and oxygen atoms in total. The molecule has 0 aliphatic heterocycles. The zero-order valence-electron chi connectivity index (χ0n) is 8.61. The van der Waals surface area contributed by atoms with Crippen molar-refractivity contribution in [3.05, 3.63) is 0 Å². The van der Waals surface area contributed by atoms with Crippen molar-refractivity contribution in [2.24, 2.45) is 5.73 Å². The van der Waals surface area contributed by atoms with E-state index in [0.717, 1.165) is 0 Å². The lowest BCUT2D eigenvalue weighted by Crippen LogP contribution is -2.43. The third-order valence-corrected chi connectivity index (χ3v) is 2.97. The van der Waals surface area contributed by atoms with Crippen LogP contribution in [-0.2, 0) is 0 Å². The second-order valence-corrected chi connectivity index (χ2v) is 4.48. The summed E-state index contributed by atoms with van der Waals surface area (Å²) in [6.07, 6.45) is 6.38. The Hall–Kier alpha value is -0.190. The Morgan fingerprint density at radius 3 is 2.50 bits per heavy atom. The third-order valence-electron chi connectivity index (χ3n) is 2.84. The lowest BCUT2D eigenvalue weighted by atomic mass is 9.94. The van der Waals surface area contributed by atoms with Crippen molar-refractivity contribution in [2.75, 3.05) is 19.7 Å². The van der Waals surface area contributed by atoms with Gasteiger partial charge in [0.05, 0.1) is 11.6 Å². The van der Waals surface area contributed by atoms with Crippen LogP contribution in [0.4, 0.5) is 0 Å². The minimum atomic E-state index is 0.194. The molecule has 4 heteroatoms. The molecule has 0 saturated heterocycles. The van der Waals surface area contributed by atoms with Crippen LogP contribution < -0.4 is 5.73 Å². The van der Waals surface area contributed by atoms with E-state index in [1.807, 2.05) is 0 Å². The standard InChI is InChI=1S/C10H20N2OS/c11-10(14)8-12(6-7-13)9-4-2-1-3-5-9/h9,13H,1-8H2,(H2,11,14). The fourth-order valence-corrected chi connectivity index (χ4v) is 2.33. The Morgan fingerprint density at radius 2 is 2.00 bits per heavy atom. The number of aliphatic hydroxyl groups is 1. The first kappa shape index (κ1) is 11.9. The van der Waals surface area contributed by atoms with Gasteiger partial charge in [0.15, 0.2) is 0 Å². The van der Waals surface area contributed by atoms with Gasteiger partial charge in [-0.1, -0.05) is 31.5 Å². The number of thiocarbonyl (C=S) groups is 1. The maximum Gasteiger partial charge on any atom is 0.0870 e. The molecule has 0 unspecified atom stereocenters. The molecule has 14 heavy (non-hydrogen) atoms. The number of nitrogens with zero attached hydrogens (tertiary/aromatic N) is 1. The molecular formula is C10H20N2OS. The number of aliphatic hydroxyl groups excluding tert-OH is 1. The van der Waals surface area contributed by atoms with Crippen LogP contribution in [0, 0.1) is 0 Å². The van der Waals surface area contributed by atoms with Gasteiger partial charge in [0, 0.05) is 19.1 Å². The van der Waals surface area contributed by atoms with E-state index in [2.05, 4.69) is 4.90 Å². The van der Waals surface area contributed by atoms with Crippen LogP contribution in [0.5, 0.6) is 0 Å². The zero-order valence-corrected chi connectivity index (χ0v) is 9.43. The van der Waals surface area contributed by atoms with E-state index in [4.69, 9.17) is 23.1 Å². The lowest BCUT2D eigenvalue weighted by molar-refractivity contribution is 0.141. The van der Waals surface area contributed by atoms with E-state index in [1.165, 1.54) is 32.1 Å². The maximum absolute atomic E-state index is 8.95. The zero-order chi connectivity index (χ0) is 10.4. The van der Waals surface area contributed by atoms with Gasteiger partial charge in [-0.15, -0.1) is 0 Å². The molecule has 1 aliphatic rings. The number of rotatable bonds is 5. The molecule has 0 aromatic carbocycles. The average Bonchev–Trinajstić information content (AvgIpc) is 2.18. The summed E-state index contributed by atoms with van der Waals surface area (Å²) in [5, 5.41) is 8.95. The summed E-state index contributed by atoms with van der Waals surface area (Å²) in [6, 6.07) is 0.581. The van der Waals surface area contributed by atoms with E-state index >= 15 is 0 Å². The van der Waals surface area contributed by atoms with E-state index in [-0.39, 0.29) is 6.61 Å². The molecule has 3 N–H and O–H groups in total. The summed E-state index contributed by atoms with van der Waals surface area (Å²) in [5.74, 6) is 0. The average molecular weight is 216 g/mol. The second-order valence-electron chi connectivity index (χ2n) is 3.95. The van der Waals surface area contributed by atoms with Crippen LogP contribution in [0.15, 0.2) is 0 Å². The summed E-state index contributed by atoms with van der Waals surface area (Å²) in [7, 11) is 0. The summed E-state index contributed by atoms with van der Waals surface area (Å²) in [4.78, 5) is 2.76. The predicted molar refractivity (Wildman–Crippen MR) is 62.3 cm³/mol. The van der Waals surface area contributed by atoms with Crippen molar-refractivity contribution in [2.45, 2.75) is 38.1 Å². The highest BCUT2D eigenvalue weighted by molar-refractivity contribution is 7.80. The van der Waals surface area contributed by atoms with Crippen molar-refractivity contribution in [3.63, 3.8) is 0 Å². The number of hydrogen-bond donors (Lipinski definition) is 2. The molecule has 0 amide bonds. The molecule has 0 heterocycles. The third kappa shape index (κ3) is 3.90. The van der Waals surface area contributed by atoms with Gasteiger partial charge in [-0.05, 0) is 12.8 Å². The van der Waals surface area contributed by atoms with Crippen molar-refractivity contribution < 1.29 is 5.11 Å². The van der Waals surface area contributed by atoms with Gasteiger partial charge in [-0.2, -0.15) is 0 Å². The maximum atomic E-state index is 8.95. The minimum absolute atomic E-state index is 0.194. The van der Waals surface area contributed by atoms with Crippen LogP contribution in [0.25, 0.3) is 0 Å². The highest BCUT2D eigenvalue weighted by Crippen LogP contribution is 2.22. The van der Waals surface area contributed by atoms with Crippen molar-refractivity contribution >= 4 is 17.2 Å². The van der Waals surface area contributed by atoms with Crippen molar-refractivity contribution in [1.29, 1.82) is 0 Å². The van der Waals surface area contributed by atoms with E-state index in [9.17, 15) is 0 Å². The summed E-state index contributed by atoms with van der Waals surface area (Å²) >= 11 is 4.91. The monoisotopic (exact) mass is 216 g/mol. The molecule has 0 radical (unpaired) electrons. The summed E-state index contributed by atoms with van der Waals surface area (Å²) in [5.41, 5.74) is 5.54. The largest absolute Gasteiger partial charge is 0.395 e. The molecule has 1 fully saturated rings. The minimum Gasteiger partial charge on any atom is -0.395 e. The topological polar surface area (TPSA) is 49.5 Å². The Kier molecular flexibility index (Phi) is 5.37. The Balaban J connectivity index is 2.42. The number of nitrogens with two attached hydrogens (primary N) is 1. The van der Waals surface area contributed by atoms with Gasteiger partial charge < -0.3 is 10.8 Å². The molecular weight excluding hydrogens is 196 g/mol. The second kappa shape index (κ2) is 6.32. The predicted octanol–water partition coefficient (Wildman–Crippen LogP) is 0.899.